The van der Waals surface area contributed by atoms with Gasteiger partial charge < -0.3 is 5.32 Å². The molecule has 0 saturated carbocycles. The van der Waals surface area contributed by atoms with E-state index in [4.69, 9.17) is 0 Å². The number of aromatic nitrogens is 2. The highest BCUT2D eigenvalue weighted by atomic mass is 32.2. The van der Waals surface area contributed by atoms with E-state index < -0.39 is 10.0 Å². The van der Waals surface area contributed by atoms with Crippen LogP contribution in [0, 0.1) is 6.92 Å². The monoisotopic (exact) mass is 440 g/mol. The maximum Gasteiger partial charge on any atom is 0.255 e. The molecule has 0 atom stereocenters. The summed E-state index contributed by atoms with van der Waals surface area (Å²) in [6.07, 6.45) is 3.99. The number of thiazole rings is 1. The molecule has 0 aliphatic heterocycles. The molecule has 9 heteroatoms. The smallest absolute Gasteiger partial charge is 0.255 e. The van der Waals surface area contributed by atoms with E-state index in [2.05, 4.69) is 10.3 Å². The van der Waals surface area contributed by atoms with Crippen LogP contribution in [0.3, 0.4) is 0 Å². The average molecular weight is 441 g/mol. The summed E-state index contributed by atoms with van der Waals surface area (Å²) in [6, 6.07) is 13.3. The van der Waals surface area contributed by atoms with Crippen molar-refractivity contribution < 1.29 is 13.2 Å². The fourth-order valence-electron chi connectivity index (χ4n) is 3.00. The molecule has 0 aliphatic rings. The summed E-state index contributed by atoms with van der Waals surface area (Å²) in [5.41, 5.74) is 2.73. The number of nitrogens with one attached hydrogen (secondary N) is 1. The number of hydrogen-bond acceptors (Lipinski definition) is 5. The standard InChI is InChI=1S/C21H20N4O3S2/c1-14-12-25-13-19(23-21(25)29-14)16-5-4-6-17(11-16)22-20(26)15-7-9-18(10-8-15)30(27,28)24(2)3/h4-13H,1-3H3,(H,22,26). The van der Waals surface area contributed by atoms with E-state index in [1.807, 2.05) is 41.9 Å². The van der Waals surface area contributed by atoms with Crippen molar-refractivity contribution in [3.8, 4) is 11.3 Å². The number of rotatable bonds is 5. The van der Waals surface area contributed by atoms with E-state index in [1.165, 1.54) is 43.2 Å². The number of benzene rings is 2. The zero-order valence-corrected chi connectivity index (χ0v) is 18.3. The second kappa shape index (κ2) is 7.67. The fraction of sp³-hybridized carbons (Fsp3) is 0.143. The van der Waals surface area contributed by atoms with Crippen LogP contribution in [0.15, 0.2) is 65.8 Å². The number of fused-ring (bicyclic) bond motifs is 1. The largest absolute Gasteiger partial charge is 0.322 e. The molecule has 0 bridgehead atoms. The number of anilines is 1. The number of carbonyl (C=O) groups excluding carboxylic acids is 1. The van der Waals surface area contributed by atoms with Gasteiger partial charge in [0.25, 0.3) is 5.91 Å². The van der Waals surface area contributed by atoms with Gasteiger partial charge in [0.2, 0.25) is 10.0 Å². The summed E-state index contributed by atoms with van der Waals surface area (Å²) < 4.78 is 27.4. The van der Waals surface area contributed by atoms with Crippen LogP contribution in [0.4, 0.5) is 5.69 Å². The molecule has 7 nitrogen and oxygen atoms in total. The Hall–Kier alpha value is -3.01. The minimum atomic E-state index is -3.53. The van der Waals surface area contributed by atoms with Gasteiger partial charge in [-0.15, -0.1) is 11.3 Å². The third-order valence-corrected chi connectivity index (χ3v) is 7.32. The van der Waals surface area contributed by atoms with Gasteiger partial charge in [-0.25, -0.2) is 17.7 Å². The lowest BCUT2D eigenvalue weighted by Gasteiger charge is -2.12. The van der Waals surface area contributed by atoms with E-state index in [-0.39, 0.29) is 10.8 Å². The Morgan fingerprint density at radius 1 is 1.10 bits per heavy atom. The van der Waals surface area contributed by atoms with Crippen LogP contribution in [0.1, 0.15) is 15.2 Å². The molecule has 1 N–H and O–H groups in total. The van der Waals surface area contributed by atoms with Crippen LogP contribution in [0.5, 0.6) is 0 Å². The van der Waals surface area contributed by atoms with Crippen molar-refractivity contribution in [2.24, 2.45) is 0 Å². The Balaban J connectivity index is 1.53. The highest BCUT2D eigenvalue weighted by molar-refractivity contribution is 7.89. The predicted molar refractivity (Wildman–Crippen MR) is 119 cm³/mol. The molecule has 1 amide bonds. The molecule has 4 aromatic rings. The van der Waals surface area contributed by atoms with Crippen LogP contribution < -0.4 is 5.32 Å². The lowest BCUT2D eigenvalue weighted by Crippen LogP contribution is -2.22. The lowest BCUT2D eigenvalue weighted by molar-refractivity contribution is 0.102. The summed E-state index contributed by atoms with van der Waals surface area (Å²) in [5.74, 6) is -0.317. The first kappa shape index (κ1) is 20.3. The van der Waals surface area contributed by atoms with Gasteiger partial charge in [0.05, 0.1) is 10.6 Å². The molecule has 0 aliphatic carbocycles. The van der Waals surface area contributed by atoms with E-state index in [9.17, 15) is 13.2 Å². The van der Waals surface area contributed by atoms with Gasteiger partial charge in [-0.05, 0) is 43.3 Å². The van der Waals surface area contributed by atoms with Gasteiger partial charge in [-0.1, -0.05) is 12.1 Å². The molecule has 0 spiro atoms. The molecule has 154 valence electrons. The molecule has 2 aromatic heterocycles. The summed E-state index contributed by atoms with van der Waals surface area (Å²) in [5, 5.41) is 2.86. The number of amides is 1. The third-order valence-electron chi connectivity index (χ3n) is 4.58. The van der Waals surface area contributed by atoms with Gasteiger partial charge in [0, 0.05) is 48.2 Å². The first-order chi connectivity index (χ1) is 14.2. The molecule has 2 aromatic carbocycles. The highest BCUT2D eigenvalue weighted by Gasteiger charge is 2.17. The quantitative estimate of drug-likeness (QED) is 0.511. The molecule has 2 heterocycles. The number of carbonyl (C=O) groups is 1. The highest BCUT2D eigenvalue weighted by Crippen LogP contribution is 2.26. The topological polar surface area (TPSA) is 83.8 Å². The maximum absolute atomic E-state index is 12.6. The minimum Gasteiger partial charge on any atom is -0.322 e. The van der Waals surface area contributed by atoms with Crippen LogP contribution in [-0.4, -0.2) is 42.1 Å². The SMILES string of the molecule is Cc1cn2cc(-c3cccc(NC(=O)c4ccc(S(=O)(=O)N(C)C)cc4)c3)nc2s1. The molecule has 0 radical (unpaired) electrons. The molecule has 4 rings (SSSR count). The van der Waals surface area contributed by atoms with E-state index in [1.54, 1.807) is 17.4 Å². The Labute approximate surface area is 178 Å². The first-order valence-electron chi connectivity index (χ1n) is 9.13. The van der Waals surface area contributed by atoms with Crippen LogP contribution in [-0.2, 0) is 10.0 Å². The summed E-state index contributed by atoms with van der Waals surface area (Å²) in [4.78, 5) is 19.5. The van der Waals surface area contributed by atoms with Crippen LogP contribution >= 0.6 is 11.3 Å². The summed E-state index contributed by atoms with van der Waals surface area (Å²) in [7, 11) is -0.598. The normalized spacial score (nSPS) is 11.9. The Morgan fingerprint density at radius 2 is 1.83 bits per heavy atom. The molecular weight excluding hydrogens is 420 g/mol. The summed E-state index contributed by atoms with van der Waals surface area (Å²) in [6.45, 7) is 2.04. The molecule has 0 saturated heterocycles. The summed E-state index contributed by atoms with van der Waals surface area (Å²) >= 11 is 1.62. The second-order valence-electron chi connectivity index (χ2n) is 7.00. The van der Waals surface area contributed by atoms with Crippen LogP contribution in [0.25, 0.3) is 16.2 Å². The van der Waals surface area contributed by atoms with Crippen molar-refractivity contribution in [2.75, 3.05) is 19.4 Å². The Kier molecular flexibility index (Phi) is 5.19. The van der Waals surface area contributed by atoms with E-state index in [0.717, 1.165) is 20.5 Å². The van der Waals surface area contributed by atoms with Crippen molar-refractivity contribution in [3.05, 3.63) is 71.4 Å². The molecular formula is C21H20N4O3S2. The molecule has 0 unspecified atom stereocenters. The maximum atomic E-state index is 12.6. The van der Waals surface area contributed by atoms with Gasteiger partial charge >= 0.3 is 0 Å². The molecule has 30 heavy (non-hydrogen) atoms. The Morgan fingerprint density at radius 3 is 2.50 bits per heavy atom. The number of sulfonamides is 1. The fourth-order valence-corrected chi connectivity index (χ4v) is 4.71. The average Bonchev–Trinajstić information content (AvgIpc) is 3.25. The predicted octanol–water partition coefficient (Wildman–Crippen LogP) is 3.87. The second-order valence-corrected chi connectivity index (χ2v) is 10.4. The lowest BCUT2D eigenvalue weighted by atomic mass is 10.1. The first-order valence-corrected chi connectivity index (χ1v) is 11.4. The van der Waals surface area contributed by atoms with Crippen molar-refractivity contribution in [1.82, 2.24) is 13.7 Å². The van der Waals surface area contributed by atoms with Gasteiger partial charge in [-0.2, -0.15) is 0 Å². The number of hydrogen-bond donors (Lipinski definition) is 1. The minimum absolute atomic E-state index is 0.140. The van der Waals surface area contributed by atoms with Crippen molar-refractivity contribution >= 4 is 37.9 Å². The van der Waals surface area contributed by atoms with Gasteiger partial charge in [0.15, 0.2) is 4.96 Å². The zero-order valence-electron chi connectivity index (χ0n) is 16.7. The molecule has 0 fully saturated rings. The van der Waals surface area contributed by atoms with Crippen molar-refractivity contribution in [3.63, 3.8) is 0 Å². The number of imidazole rings is 1. The Bertz CT molecular complexity index is 1300. The van der Waals surface area contributed by atoms with E-state index in [0.29, 0.717) is 11.3 Å². The number of aryl methyl sites for hydroxylation is 1. The third kappa shape index (κ3) is 3.87. The van der Waals surface area contributed by atoms with Crippen molar-refractivity contribution in [1.29, 1.82) is 0 Å². The van der Waals surface area contributed by atoms with Gasteiger partial charge in [0.1, 0.15) is 0 Å². The zero-order chi connectivity index (χ0) is 21.5. The van der Waals surface area contributed by atoms with Crippen LogP contribution in [0.2, 0.25) is 0 Å². The van der Waals surface area contributed by atoms with Crippen molar-refractivity contribution in [2.45, 2.75) is 11.8 Å². The van der Waals surface area contributed by atoms with E-state index >= 15 is 0 Å². The van der Waals surface area contributed by atoms with Gasteiger partial charge in [-0.3, -0.25) is 9.20 Å². The number of nitrogens with zero attached hydrogens (tertiary/aromatic N) is 3.